The third kappa shape index (κ3) is 6.65. The van der Waals surface area contributed by atoms with Gasteiger partial charge in [-0.3, -0.25) is 9.59 Å². The number of carbonyl (C=O) groups is 2. The molecule has 1 saturated carbocycles. The zero-order valence-corrected chi connectivity index (χ0v) is 18.7. The first-order chi connectivity index (χ1) is 16.2. The number of hydrogen-bond donors (Lipinski definition) is 3. The lowest BCUT2D eigenvalue weighted by Gasteiger charge is -2.21. The average molecular weight is 443 g/mol. The molecule has 0 spiro atoms. The summed E-state index contributed by atoms with van der Waals surface area (Å²) in [7, 11) is 0. The van der Waals surface area contributed by atoms with Crippen LogP contribution in [0.5, 0.6) is 0 Å². The van der Waals surface area contributed by atoms with Crippen LogP contribution < -0.4 is 16.0 Å². The molecule has 1 heterocycles. The second-order valence-corrected chi connectivity index (χ2v) is 8.50. The van der Waals surface area contributed by atoms with Crippen LogP contribution in [0.2, 0.25) is 0 Å². The largest absolute Gasteiger partial charge is 0.356 e. The van der Waals surface area contributed by atoms with E-state index < -0.39 is 0 Å². The molecule has 0 aliphatic heterocycles. The molecule has 0 saturated heterocycles. The Morgan fingerprint density at radius 2 is 1.64 bits per heavy atom. The van der Waals surface area contributed by atoms with Crippen molar-refractivity contribution in [2.24, 2.45) is 5.92 Å². The maximum atomic E-state index is 12.6. The summed E-state index contributed by atoms with van der Waals surface area (Å²) in [5, 5.41) is 9.13. The van der Waals surface area contributed by atoms with Gasteiger partial charge in [-0.05, 0) is 66.9 Å². The van der Waals surface area contributed by atoms with Crippen molar-refractivity contribution in [1.82, 2.24) is 10.3 Å². The molecule has 1 fully saturated rings. The van der Waals surface area contributed by atoms with Gasteiger partial charge in [0, 0.05) is 35.2 Å². The quantitative estimate of drug-likeness (QED) is 0.413. The third-order valence-corrected chi connectivity index (χ3v) is 6.03. The summed E-state index contributed by atoms with van der Waals surface area (Å²) >= 11 is 0. The molecule has 0 bridgehead atoms. The number of nitrogens with zero attached hydrogens (tertiary/aromatic N) is 1. The minimum absolute atomic E-state index is 0.0454. The number of hydrogen-bond acceptors (Lipinski definition) is 4. The Labute approximate surface area is 194 Å². The summed E-state index contributed by atoms with van der Waals surface area (Å²) in [5.74, 6) is 1.00. The fourth-order valence-corrected chi connectivity index (χ4v) is 4.20. The Morgan fingerprint density at radius 3 is 2.39 bits per heavy atom. The lowest BCUT2D eigenvalue weighted by atomic mass is 9.87. The summed E-state index contributed by atoms with van der Waals surface area (Å²) in [6.07, 6.45) is 9.27. The summed E-state index contributed by atoms with van der Waals surface area (Å²) < 4.78 is 0. The Kier molecular flexibility index (Phi) is 7.69. The maximum Gasteiger partial charge on any atom is 0.256 e. The topological polar surface area (TPSA) is 83.1 Å². The smallest absolute Gasteiger partial charge is 0.256 e. The average Bonchev–Trinajstić information content (AvgIpc) is 2.86. The first-order valence-electron chi connectivity index (χ1n) is 11.6. The van der Waals surface area contributed by atoms with Crippen molar-refractivity contribution in [3.63, 3.8) is 0 Å². The molecule has 2 aromatic carbocycles. The number of benzene rings is 2. The molecule has 1 aromatic heterocycles. The second-order valence-electron chi connectivity index (χ2n) is 8.50. The summed E-state index contributed by atoms with van der Waals surface area (Å²) in [6, 6.07) is 20.0. The molecule has 6 heteroatoms. The third-order valence-electron chi connectivity index (χ3n) is 6.03. The zero-order chi connectivity index (χ0) is 22.9. The van der Waals surface area contributed by atoms with E-state index in [4.69, 9.17) is 0 Å². The van der Waals surface area contributed by atoms with Crippen LogP contribution in [0.4, 0.5) is 17.2 Å². The monoisotopic (exact) mass is 442 g/mol. The van der Waals surface area contributed by atoms with Crippen LogP contribution in [-0.2, 0) is 0 Å². The number of rotatable bonds is 8. The number of pyridine rings is 1. The van der Waals surface area contributed by atoms with E-state index in [0.29, 0.717) is 16.9 Å². The van der Waals surface area contributed by atoms with Gasteiger partial charge < -0.3 is 16.0 Å². The maximum absolute atomic E-state index is 12.6. The number of amides is 2. The zero-order valence-electron chi connectivity index (χ0n) is 18.7. The van der Waals surface area contributed by atoms with Crippen LogP contribution >= 0.6 is 0 Å². The summed E-state index contributed by atoms with van der Waals surface area (Å²) in [6.45, 7) is 0.725. The highest BCUT2D eigenvalue weighted by Crippen LogP contribution is 2.26. The van der Waals surface area contributed by atoms with Gasteiger partial charge in [0.25, 0.3) is 11.8 Å². The number of nitrogens with one attached hydrogen (secondary N) is 3. The fourth-order valence-electron chi connectivity index (χ4n) is 4.20. The first kappa shape index (κ1) is 22.5. The highest BCUT2D eigenvalue weighted by molar-refractivity contribution is 6.04. The Balaban J connectivity index is 1.30. The molecular weight excluding hydrogens is 412 g/mol. The van der Waals surface area contributed by atoms with E-state index in [9.17, 15) is 9.59 Å². The standard InChI is InChI=1S/C27H30N4O2/c32-26(29-18-16-20-7-2-1-3-8-20)22-9-6-10-24(19-22)30-23-14-12-21(13-15-23)27(33)31-25-11-4-5-17-28-25/h4-6,9-15,17,19-20,30H,1-3,7-8,16,18H2,(H,29,32)(H,28,31,33). The van der Waals surface area contributed by atoms with Gasteiger partial charge in [-0.2, -0.15) is 0 Å². The van der Waals surface area contributed by atoms with E-state index >= 15 is 0 Å². The van der Waals surface area contributed by atoms with E-state index in [2.05, 4.69) is 20.9 Å². The number of anilines is 3. The molecule has 0 unspecified atom stereocenters. The molecule has 1 aliphatic carbocycles. The van der Waals surface area contributed by atoms with Crippen molar-refractivity contribution in [3.05, 3.63) is 84.1 Å². The lowest BCUT2D eigenvalue weighted by molar-refractivity contribution is 0.0949. The van der Waals surface area contributed by atoms with Crippen molar-refractivity contribution in [2.75, 3.05) is 17.2 Å². The van der Waals surface area contributed by atoms with Gasteiger partial charge in [0.2, 0.25) is 0 Å². The molecule has 33 heavy (non-hydrogen) atoms. The molecular formula is C27H30N4O2. The van der Waals surface area contributed by atoms with Crippen LogP contribution in [0.15, 0.2) is 72.9 Å². The molecule has 1 aliphatic rings. The number of carbonyl (C=O) groups excluding carboxylic acids is 2. The number of aromatic nitrogens is 1. The van der Waals surface area contributed by atoms with Crippen LogP contribution in [0.1, 0.15) is 59.2 Å². The van der Waals surface area contributed by atoms with Gasteiger partial charge in [0.1, 0.15) is 5.82 Å². The van der Waals surface area contributed by atoms with Crippen molar-refractivity contribution < 1.29 is 9.59 Å². The molecule has 3 aromatic rings. The van der Waals surface area contributed by atoms with Gasteiger partial charge in [0.15, 0.2) is 0 Å². The SMILES string of the molecule is O=C(NCCC1CCCCC1)c1cccc(Nc2ccc(C(=O)Nc3ccccn3)cc2)c1. The van der Waals surface area contributed by atoms with Crippen molar-refractivity contribution in [1.29, 1.82) is 0 Å². The van der Waals surface area contributed by atoms with E-state index in [1.807, 2.05) is 42.5 Å². The summed E-state index contributed by atoms with van der Waals surface area (Å²) in [4.78, 5) is 29.1. The molecule has 6 nitrogen and oxygen atoms in total. The summed E-state index contributed by atoms with van der Waals surface area (Å²) in [5.41, 5.74) is 2.83. The molecule has 170 valence electrons. The van der Waals surface area contributed by atoms with Gasteiger partial charge in [-0.1, -0.05) is 44.2 Å². The molecule has 4 rings (SSSR count). The van der Waals surface area contributed by atoms with E-state index in [1.54, 1.807) is 30.5 Å². The first-order valence-corrected chi connectivity index (χ1v) is 11.6. The van der Waals surface area contributed by atoms with E-state index in [-0.39, 0.29) is 11.8 Å². The van der Waals surface area contributed by atoms with Crippen LogP contribution in [-0.4, -0.2) is 23.3 Å². The normalized spacial score (nSPS) is 13.8. The second kappa shape index (κ2) is 11.3. The van der Waals surface area contributed by atoms with Crippen LogP contribution in [0, 0.1) is 5.92 Å². The predicted molar refractivity (Wildman–Crippen MR) is 132 cm³/mol. The van der Waals surface area contributed by atoms with Gasteiger partial charge in [-0.25, -0.2) is 4.98 Å². The Morgan fingerprint density at radius 1 is 0.818 bits per heavy atom. The van der Waals surface area contributed by atoms with Gasteiger partial charge in [-0.15, -0.1) is 0 Å². The van der Waals surface area contributed by atoms with Crippen LogP contribution in [0.3, 0.4) is 0 Å². The van der Waals surface area contributed by atoms with Gasteiger partial charge >= 0.3 is 0 Å². The molecule has 0 atom stereocenters. The Bertz CT molecular complexity index is 1060. The minimum atomic E-state index is -0.216. The highest BCUT2D eigenvalue weighted by atomic mass is 16.2. The van der Waals surface area contributed by atoms with Crippen molar-refractivity contribution >= 4 is 29.0 Å². The highest BCUT2D eigenvalue weighted by Gasteiger charge is 2.14. The molecule has 2 amide bonds. The van der Waals surface area contributed by atoms with Crippen LogP contribution in [0.25, 0.3) is 0 Å². The molecule has 0 radical (unpaired) electrons. The Hall–Kier alpha value is -3.67. The van der Waals surface area contributed by atoms with Gasteiger partial charge in [0.05, 0.1) is 0 Å². The lowest BCUT2D eigenvalue weighted by Crippen LogP contribution is -2.26. The van der Waals surface area contributed by atoms with Crippen molar-refractivity contribution in [3.8, 4) is 0 Å². The van der Waals surface area contributed by atoms with E-state index in [1.165, 1.54) is 32.1 Å². The fraction of sp³-hybridized carbons (Fsp3) is 0.296. The van der Waals surface area contributed by atoms with Crippen molar-refractivity contribution in [2.45, 2.75) is 38.5 Å². The minimum Gasteiger partial charge on any atom is -0.356 e. The predicted octanol–water partition coefficient (Wildman–Crippen LogP) is 5.78. The van der Waals surface area contributed by atoms with E-state index in [0.717, 1.165) is 30.3 Å². The molecule has 3 N–H and O–H groups in total.